The lowest BCUT2D eigenvalue weighted by atomic mass is 10.2. The average molecular weight is 257 g/mol. The minimum absolute atomic E-state index is 0.464. The van der Waals surface area contributed by atoms with Crippen LogP contribution in [0.15, 0.2) is 30.6 Å². The van der Waals surface area contributed by atoms with Gasteiger partial charge in [0.1, 0.15) is 17.9 Å². The second-order valence-electron chi connectivity index (χ2n) is 4.49. The van der Waals surface area contributed by atoms with Gasteiger partial charge in [-0.25, -0.2) is 9.97 Å². The van der Waals surface area contributed by atoms with Crippen LogP contribution in [0.1, 0.15) is 23.8 Å². The summed E-state index contributed by atoms with van der Waals surface area (Å²) < 4.78 is 5.12. The zero-order valence-corrected chi connectivity index (χ0v) is 10.6. The summed E-state index contributed by atoms with van der Waals surface area (Å²) >= 11 is 0. The number of aliphatic hydroxyl groups is 1. The van der Waals surface area contributed by atoms with E-state index in [0.717, 1.165) is 34.9 Å². The van der Waals surface area contributed by atoms with Crippen LogP contribution in [0.3, 0.4) is 0 Å². The van der Waals surface area contributed by atoms with E-state index in [0.29, 0.717) is 6.42 Å². The molecule has 1 heterocycles. The molecule has 0 aliphatic heterocycles. The molecule has 1 unspecified atom stereocenters. The molecule has 2 N–H and O–H groups in total. The fourth-order valence-corrected chi connectivity index (χ4v) is 2.30. The molecule has 0 bridgehead atoms. The topological polar surface area (TPSA) is 67.3 Å². The molecule has 1 aliphatic rings. The molecule has 0 fully saturated rings. The van der Waals surface area contributed by atoms with Crippen molar-refractivity contribution >= 4 is 11.5 Å². The Morgan fingerprint density at radius 3 is 2.79 bits per heavy atom. The van der Waals surface area contributed by atoms with Gasteiger partial charge in [0.2, 0.25) is 0 Å². The largest absolute Gasteiger partial charge is 0.497 e. The number of hydrogen-bond acceptors (Lipinski definition) is 5. The number of nitrogens with zero attached hydrogens (tertiary/aromatic N) is 2. The quantitative estimate of drug-likeness (QED) is 0.882. The van der Waals surface area contributed by atoms with Gasteiger partial charge >= 0.3 is 0 Å². The fraction of sp³-hybridized carbons (Fsp3) is 0.286. The molecule has 98 valence electrons. The van der Waals surface area contributed by atoms with Crippen molar-refractivity contribution in [2.24, 2.45) is 0 Å². The summed E-state index contributed by atoms with van der Waals surface area (Å²) in [5.41, 5.74) is 2.68. The van der Waals surface area contributed by atoms with E-state index in [-0.39, 0.29) is 0 Å². The highest BCUT2D eigenvalue weighted by atomic mass is 16.5. The molecular weight excluding hydrogens is 242 g/mol. The fourth-order valence-electron chi connectivity index (χ4n) is 2.30. The third-order valence-electron chi connectivity index (χ3n) is 3.31. The Kier molecular flexibility index (Phi) is 3.05. The number of fused-ring (bicyclic) bond motifs is 1. The minimum atomic E-state index is -0.464. The second kappa shape index (κ2) is 4.85. The molecule has 1 aromatic heterocycles. The monoisotopic (exact) mass is 257 g/mol. The van der Waals surface area contributed by atoms with Crippen LogP contribution >= 0.6 is 0 Å². The van der Waals surface area contributed by atoms with Gasteiger partial charge in [0.05, 0.1) is 18.9 Å². The molecular formula is C14H15N3O2. The van der Waals surface area contributed by atoms with Crippen LogP contribution in [0.2, 0.25) is 0 Å². The van der Waals surface area contributed by atoms with Crippen LogP contribution in [0.4, 0.5) is 11.5 Å². The lowest BCUT2D eigenvalue weighted by Gasteiger charge is -2.10. The molecule has 5 nitrogen and oxygen atoms in total. The molecule has 0 amide bonds. The zero-order valence-electron chi connectivity index (χ0n) is 10.6. The van der Waals surface area contributed by atoms with Gasteiger partial charge in [0.15, 0.2) is 0 Å². The van der Waals surface area contributed by atoms with E-state index >= 15 is 0 Å². The Hall–Kier alpha value is -2.14. The summed E-state index contributed by atoms with van der Waals surface area (Å²) in [6.45, 7) is 0. The van der Waals surface area contributed by atoms with Crippen LogP contribution in [0.25, 0.3) is 0 Å². The van der Waals surface area contributed by atoms with Crippen LogP contribution in [0, 0.1) is 0 Å². The van der Waals surface area contributed by atoms with Crippen molar-refractivity contribution in [3.8, 4) is 5.75 Å². The molecule has 0 spiro atoms. The standard InChI is InChI=1S/C14H15N3O2/c1-19-10-4-2-9(3-5-10)17-14-11-6-7-12(18)13(11)15-8-16-14/h2-5,8,12,18H,6-7H2,1H3,(H,15,16,17). The van der Waals surface area contributed by atoms with Crippen LogP contribution < -0.4 is 10.1 Å². The molecule has 1 atom stereocenters. The first-order valence-electron chi connectivity index (χ1n) is 6.21. The van der Waals surface area contributed by atoms with Crippen molar-refractivity contribution in [1.29, 1.82) is 0 Å². The number of anilines is 2. The van der Waals surface area contributed by atoms with Crippen molar-refractivity contribution in [1.82, 2.24) is 9.97 Å². The summed E-state index contributed by atoms with van der Waals surface area (Å²) in [4.78, 5) is 8.41. The highest BCUT2D eigenvalue weighted by Gasteiger charge is 2.24. The van der Waals surface area contributed by atoms with E-state index in [1.807, 2.05) is 24.3 Å². The Labute approximate surface area is 111 Å². The lowest BCUT2D eigenvalue weighted by molar-refractivity contribution is 0.175. The predicted octanol–water partition coefficient (Wildman–Crippen LogP) is 2.21. The van der Waals surface area contributed by atoms with Crippen molar-refractivity contribution in [2.75, 3.05) is 12.4 Å². The number of hydrogen-bond donors (Lipinski definition) is 2. The van der Waals surface area contributed by atoms with E-state index in [1.165, 1.54) is 6.33 Å². The summed E-state index contributed by atoms with van der Waals surface area (Å²) in [6.07, 6.45) is 2.54. The number of nitrogens with one attached hydrogen (secondary N) is 1. The van der Waals surface area contributed by atoms with Gasteiger partial charge in [0, 0.05) is 11.3 Å². The third kappa shape index (κ3) is 2.24. The molecule has 0 saturated carbocycles. The van der Waals surface area contributed by atoms with E-state index in [2.05, 4.69) is 15.3 Å². The number of aliphatic hydroxyl groups excluding tert-OH is 1. The average Bonchev–Trinajstić information content (AvgIpc) is 2.83. The van der Waals surface area contributed by atoms with Gasteiger partial charge in [0.25, 0.3) is 0 Å². The summed E-state index contributed by atoms with van der Waals surface area (Å²) in [7, 11) is 1.64. The third-order valence-corrected chi connectivity index (χ3v) is 3.31. The molecule has 1 aromatic carbocycles. The second-order valence-corrected chi connectivity index (χ2v) is 4.49. The van der Waals surface area contributed by atoms with E-state index < -0.39 is 6.10 Å². The van der Waals surface area contributed by atoms with Gasteiger partial charge in [-0.1, -0.05) is 0 Å². The lowest BCUT2D eigenvalue weighted by Crippen LogP contribution is -2.01. The zero-order chi connectivity index (χ0) is 13.2. The number of rotatable bonds is 3. The number of benzene rings is 1. The van der Waals surface area contributed by atoms with Gasteiger partial charge < -0.3 is 15.2 Å². The van der Waals surface area contributed by atoms with Gasteiger partial charge in [-0.2, -0.15) is 0 Å². The number of aromatic nitrogens is 2. The smallest absolute Gasteiger partial charge is 0.137 e. The first kappa shape index (κ1) is 11.9. The Morgan fingerprint density at radius 1 is 1.26 bits per heavy atom. The summed E-state index contributed by atoms with van der Waals surface area (Å²) in [5.74, 6) is 1.58. The highest BCUT2D eigenvalue weighted by molar-refractivity contribution is 5.61. The van der Waals surface area contributed by atoms with Gasteiger partial charge in [-0.15, -0.1) is 0 Å². The first-order valence-corrected chi connectivity index (χ1v) is 6.21. The van der Waals surface area contributed by atoms with E-state index in [1.54, 1.807) is 7.11 Å². The molecule has 2 aromatic rings. The maximum atomic E-state index is 9.81. The minimum Gasteiger partial charge on any atom is -0.497 e. The maximum absolute atomic E-state index is 9.81. The van der Waals surface area contributed by atoms with Gasteiger partial charge in [-0.3, -0.25) is 0 Å². The maximum Gasteiger partial charge on any atom is 0.137 e. The van der Waals surface area contributed by atoms with E-state index in [4.69, 9.17) is 4.74 Å². The number of methoxy groups -OCH3 is 1. The van der Waals surface area contributed by atoms with Crippen molar-refractivity contribution in [3.63, 3.8) is 0 Å². The molecule has 19 heavy (non-hydrogen) atoms. The molecule has 0 radical (unpaired) electrons. The molecule has 0 saturated heterocycles. The molecule has 1 aliphatic carbocycles. The first-order chi connectivity index (χ1) is 9.28. The van der Waals surface area contributed by atoms with Crippen molar-refractivity contribution < 1.29 is 9.84 Å². The predicted molar refractivity (Wildman–Crippen MR) is 71.6 cm³/mol. The van der Waals surface area contributed by atoms with E-state index in [9.17, 15) is 5.11 Å². The highest BCUT2D eigenvalue weighted by Crippen LogP contribution is 2.33. The van der Waals surface area contributed by atoms with Gasteiger partial charge in [-0.05, 0) is 37.1 Å². The Morgan fingerprint density at radius 2 is 2.05 bits per heavy atom. The van der Waals surface area contributed by atoms with Crippen LogP contribution in [-0.2, 0) is 6.42 Å². The normalized spacial score (nSPS) is 17.1. The van der Waals surface area contributed by atoms with Crippen LogP contribution in [-0.4, -0.2) is 22.2 Å². The SMILES string of the molecule is COc1ccc(Nc2ncnc3c2CCC3O)cc1. The Balaban J connectivity index is 1.87. The number of ether oxygens (including phenoxy) is 1. The van der Waals surface area contributed by atoms with Crippen LogP contribution in [0.5, 0.6) is 5.75 Å². The molecule has 3 rings (SSSR count). The summed E-state index contributed by atoms with van der Waals surface area (Å²) in [6, 6.07) is 7.63. The van der Waals surface area contributed by atoms with Crippen molar-refractivity contribution in [2.45, 2.75) is 18.9 Å². The summed E-state index contributed by atoms with van der Waals surface area (Å²) in [5, 5.41) is 13.1. The molecule has 5 heteroatoms. The van der Waals surface area contributed by atoms with Crippen molar-refractivity contribution in [3.05, 3.63) is 41.9 Å². The Bertz CT molecular complexity index is 584.